The third-order valence-corrected chi connectivity index (χ3v) is 3.64. The third-order valence-electron chi connectivity index (χ3n) is 3.38. The summed E-state index contributed by atoms with van der Waals surface area (Å²) >= 11 is 5.89. The zero-order chi connectivity index (χ0) is 16.1. The number of amides is 1. The van der Waals surface area contributed by atoms with E-state index in [1.807, 2.05) is 24.3 Å². The van der Waals surface area contributed by atoms with Gasteiger partial charge in [-0.1, -0.05) is 17.7 Å². The Morgan fingerprint density at radius 3 is 2.52 bits per heavy atom. The summed E-state index contributed by atoms with van der Waals surface area (Å²) in [6.45, 7) is 0.786. The molecule has 1 aromatic carbocycles. The third kappa shape index (κ3) is 3.99. The molecule has 4 nitrogen and oxygen atoms in total. The summed E-state index contributed by atoms with van der Waals surface area (Å²) in [5.41, 5.74) is 1.40. The van der Waals surface area contributed by atoms with E-state index in [4.69, 9.17) is 16.0 Å². The maximum absolute atomic E-state index is 12.8. The molecule has 0 spiro atoms. The average molecular weight is 327 g/mol. The standard InChI is InChI=1S/C18H15ClN2O2/c19-15-8-6-14(7-9-15)18(22)21(13-17-5-3-11-23-17)12-16-4-1-2-10-20-16/h1-11H,12-13H2. The Hall–Kier alpha value is -2.59. The summed E-state index contributed by atoms with van der Waals surface area (Å²) in [4.78, 5) is 18.8. The van der Waals surface area contributed by atoms with Crippen molar-refractivity contribution >= 4 is 17.5 Å². The second-order valence-electron chi connectivity index (χ2n) is 5.07. The number of rotatable bonds is 5. The van der Waals surface area contributed by atoms with Gasteiger partial charge in [0.2, 0.25) is 0 Å². The van der Waals surface area contributed by atoms with Gasteiger partial charge in [-0.3, -0.25) is 9.78 Å². The zero-order valence-corrected chi connectivity index (χ0v) is 13.1. The molecular weight excluding hydrogens is 312 g/mol. The number of hydrogen-bond acceptors (Lipinski definition) is 3. The van der Waals surface area contributed by atoms with E-state index >= 15 is 0 Å². The van der Waals surface area contributed by atoms with Gasteiger partial charge >= 0.3 is 0 Å². The van der Waals surface area contributed by atoms with Crippen LogP contribution in [0.15, 0.2) is 71.5 Å². The van der Waals surface area contributed by atoms with Crippen LogP contribution in [0.2, 0.25) is 5.02 Å². The van der Waals surface area contributed by atoms with Gasteiger partial charge in [0.1, 0.15) is 5.76 Å². The topological polar surface area (TPSA) is 46.3 Å². The maximum Gasteiger partial charge on any atom is 0.254 e. The molecule has 0 saturated heterocycles. The lowest BCUT2D eigenvalue weighted by Crippen LogP contribution is -2.30. The number of benzene rings is 1. The van der Waals surface area contributed by atoms with Crippen LogP contribution in [0.3, 0.4) is 0 Å². The first-order valence-corrected chi connectivity index (χ1v) is 7.57. The first-order valence-electron chi connectivity index (χ1n) is 7.19. The largest absolute Gasteiger partial charge is 0.467 e. The molecule has 0 unspecified atom stereocenters. The fourth-order valence-corrected chi connectivity index (χ4v) is 2.38. The normalized spacial score (nSPS) is 10.5. The van der Waals surface area contributed by atoms with Gasteiger partial charge in [0, 0.05) is 16.8 Å². The fourth-order valence-electron chi connectivity index (χ4n) is 2.25. The molecule has 1 amide bonds. The first kappa shape index (κ1) is 15.3. The van der Waals surface area contributed by atoms with Crippen LogP contribution in [-0.2, 0) is 13.1 Å². The Kier molecular flexibility index (Phi) is 4.74. The van der Waals surface area contributed by atoms with E-state index in [0.717, 1.165) is 11.5 Å². The predicted octanol–water partition coefficient (Wildman–Crippen LogP) is 4.17. The zero-order valence-electron chi connectivity index (χ0n) is 12.4. The molecule has 23 heavy (non-hydrogen) atoms. The van der Waals surface area contributed by atoms with Gasteiger partial charge in [-0.25, -0.2) is 0 Å². The van der Waals surface area contributed by atoms with Crippen LogP contribution >= 0.6 is 11.6 Å². The quantitative estimate of drug-likeness (QED) is 0.707. The highest BCUT2D eigenvalue weighted by Gasteiger charge is 2.18. The highest BCUT2D eigenvalue weighted by atomic mass is 35.5. The molecule has 0 aliphatic heterocycles. The summed E-state index contributed by atoms with van der Waals surface area (Å²) < 4.78 is 5.37. The van der Waals surface area contributed by atoms with E-state index in [2.05, 4.69) is 4.98 Å². The summed E-state index contributed by atoms with van der Waals surface area (Å²) in [6, 6.07) is 16.2. The van der Waals surface area contributed by atoms with Crippen LogP contribution in [0, 0.1) is 0 Å². The maximum atomic E-state index is 12.8. The van der Waals surface area contributed by atoms with Gasteiger partial charge in [-0.05, 0) is 48.5 Å². The Labute approximate surface area is 139 Å². The number of aromatic nitrogens is 1. The second kappa shape index (κ2) is 7.11. The molecule has 0 saturated carbocycles. The van der Waals surface area contributed by atoms with Crippen molar-refractivity contribution in [3.8, 4) is 0 Å². The number of carbonyl (C=O) groups excluding carboxylic acids is 1. The predicted molar refractivity (Wildman–Crippen MR) is 88.0 cm³/mol. The molecule has 3 rings (SSSR count). The summed E-state index contributed by atoms with van der Waals surface area (Å²) in [5, 5.41) is 0.601. The van der Waals surface area contributed by atoms with Crippen molar-refractivity contribution in [2.45, 2.75) is 13.1 Å². The van der Waals surface area contributed by atoms with Gasteiger partial charge in [-0.2, -0.15) is 0 Å². The van der Waals surface area contributed by atoms with Gasteiger partial charge in [0.25, 0.3) is 5.91 Å². The van der Waals surface area contributed by atoms with Crippen LogP contribution in [0.5, 0.6) is 0 Å². The van der Waals surface area contributed by atoms with Crippen molar-refractivity contribution in [2.24, 2.45) is 0 Å². The smallest absolute Gasteiger partial charge is 0.254 e. The highest BCUT2D eigenvalue weighted by molar-refractivity contribution is 6.30. The van der Waals surface area contributed by atoms with Crippen LogP contribution < -0.4 is 0 Å². The average Bonchev–Trinajstić information content (AvgIpc) is 3.08. The minimum Gasteiger partial charge on any atom is -0.467 e. The van der Waals surface area contributed by atoms with Gasteiger partial charge < -0.3 is 9.32 Å². The van der Waals surface area contributed by atoms with Crippen LogP contribution in [0.25, 0.3) is 0 Å². The summed E-state index contributed by atoms with van der Waals surface area (Å²) in [5.74, 6) is 0.631. The number of hydrogen-bond donors (Lipinski definition) is 0. The summed E-state index contributed by atoms with van der Waals surface area (Å²) in [7, 11) is 0. The highest BCUT2D eigenvalue weighted by Crippen LogP contribution is 2.16. The molecule has 0 bridgehead atoms. The van der Waals surface area contributed by atoms with Crippen molar-refractivity contribution < 1.29 is 9.21 Å². The molecule has 116 valence electrons. The minimum atomic E-state index is -0.0938. The summed E-state index contributed by atoms with van der Waals surface area (Å²) in [6.07, 6.45) is 3.31. The van der Waals surface area contributed by atoms with Gasteiger partial charge in [-0.15, -0.1) is 0 Å². The molecule has 2 heterocycles. The van der Waals surface area contributed by atoms with Crippen LogP contribution in [0.1, 0.15) is 21.8 Å². The van der Waals surface area contributed by atoms with Crippen molar-refractivity contribution in [3.05, 3.63) is 89.1 Å². The van der Waals surface area contributed by atoms with E-state index in [9.17, 15) is 4.79 Å². The van der Waals surface area contributed by atoms with E-state index in [-0.39, 0.29) is 5.91 Å². The number of furan rings is 1. The van der Waals surface area contributed by atoms with E-state index in [1.165, 1.54) is 0 Å². The van der Waals surface area contributed by atoms with Crippen LogP contribution in [0.4, 0.5) is 0 Å². The Morgan fingerprint density at radius 2 is 1.87 bits per heavy atom. The molecule has 2 aromatic heterocycles. The van der Waals surface area contributed by atoms with Gasteiger partial charge in [0.15, 0.2) is 0 Å². The lowest BCUT2D eigenvalue weighted by atomic mass is 10.2. The Bertz CT molecular complexity index is 755. The number of nitrogens with zero attached hydrogens (tertiary/aromatic N) is 2. The molecule has 5 heteroatoms. The molecule has 0 radical (unpaired) electrons. The van der Waals surface area contributed by atoms with E-state index < -0.39 is 0 Å². The molecular formula is C18H15ClN2O2. The lowest BCUT2D eigenvalue weighted by molar-refractivity contribution is 0.0715. The van der Waals surface area contributed by atoms with Crippen molar-refractivity contribution in [2.75, 3.05) is 0 Å². The lowest BCUT2D eigenvalue weighted by Gasteiger charge is -2.21. The number of halogens is 1. The molecule has 0 fully saturated rings. The molecule has 0 N–H and O–H groups in total. The molecule has 0 aliphatic carbocycles. The minimum absolute atomic E-state index is 0.0938. The van der Waals surface area contributed by atoms with Gasteiger partial charge in [0.05, 0.1) is 25.0 Å². The van der Waals surface area contributed by atoms with E-state index in [1.54, 1.807) is 47.7 Å². The molecule has 0 atom stereocenters. The van der Waals surface area contributed by atoms with Crippen LogP contribution in [-0.4, -0.2) is 15.8 Å². The first-order chi connectivity index (χ1) is 11.2. The SMILES string of the molecule is O=C(c1ccc(Cl)cc1)N(Cc1ccccn1)Cc1ccco1. The monoisotopic (exact) mass is 326 g/mol. The van der Waals surface area contributed by atoms with Crippen molar-refractivity contribution in [3.63, 3.8) is 0 Å². The fraction of sp³-hybridized carbons (Fsp3) is 0.111. The second-order valence-corrected chi connectivity index (χ2v) is 5.50. The molecule has 3 aromatic rings. The number of pyridine rings is 1. The van der Waals surface area contributed by atoms with Crippen molar-refractivity contribution in [1.29, 1.82) is 0 Å². The Morgan fingerprint density at radius 1 is 1.04 bits per heavy atom. The van der Waals surface area contributed by atoms with E-state index in [0.29, 0.717) is 23.7 Å². The Balaban J connectivity index is 1.84. The van der Waals surface area contributed by atoms with Crippen molar-refractivity contribution in [1.82, 2.24) is 9.88 Å². The molecule has 0 aliphatic rings. The number of carbonyl (C=O) groups is 1.